The van der Waals surface area contributed by atoms with Gasteiger partial charge in [0.1, 0.15) is 5.69 Å². The Morgan fingerprint density at radius 3 is 2.63 bits per heavy atom. The number of ketones is 1. The number of hydrogen-bond donors (Lipinski definition) is 0. The Labute approximate surface area is 110 Å². The van der Waals surface area contributed by atoms with Gasteiger partial charge in [-0.05, 0) is 36.6 Å². The minimum absolute atomic E-state index is 0.172. The molecule has 0 bridgehead atoms. The first kappa shape index (κ1) is 13.3. The summed E-state index contributed by atoms with van der Waals surface area (Å²) in [6, 6.07) is 6.15. The van der Waals surface area contributed by atoms with Crippen LogP contribution in [0.25, 0.3) is 0 Å². The van der Waals surface area contributed by atoms with Crippen LogP contribution in [0.2, 0.25) is 0 Å². The van der Waals surface area contributed by atoms with Gasteiger partial charge in [-0.1, -0.05) is 19.1 Å². The molecule has 0 atom stereocenters. The van der Waals surface area contributed by atoms with E-state index in [0.717, 1.165) is 0 Å². The average molecular weight is 261 g/mol. The molecule has 0 radical (unpaired) electrons. The van der Waals surface area contributed by atoms with Crippen molar-refractivity contribution in [3.05, 3.63) is 64.5 Å². The lowest BCUT2D eigenvalue weighted by Gasteiger charge is -2.07. The molecule has 4 heteroatoms. The van der Waals surface area contributed by atoms with Crippen LogP contribution in [0, 0.1) is 18.6 Å². The Hall–Kier alpha value is -2.10. The molecular formula is C15H13F2NO. The van der Waals surface area contributed by atoms with Crippen molar-refractivity contribution in [2.75, 3.05) is 0 Å². The highest BCUT2D eigenvalue weighted by Crippen LogP contribution is 2.19. The number of aromatic nitrogens is 1. The predicted octanol–water partition coefficient (Wildman–Crippen LogP) is 3.46. The van der Waals surface area contributed by atoms with Gasteiger partial charge in [-0.25, -0.2) is 8.78 Å². The third kappa shape index (κ3) is 2.38. The number of aryl methyl sites for hydroxylation is 2. The van der Waals surface area contributed by atoms with Crippen LogP contribution in [-0.2, 0) is 6.42 Å². The number of halogens is 2. The summed E-state index contributed by atoms with van der Waals surface area (Å²) < 4.78 is 27.3. The fourth-order valence-corrected chi connectivity index (χ4v) is 1.88. The molecule has 0 amide bonds. The highest BCUT2D eigenvalue weighted by atomic mass is 19.2. The van der Waals surface area contributed by atoms with Gasteiger partial charge in [0.2, 0.25) is 5.78 Å². The minimum atomic E-state index is -1.11. The predicted molar refractivity (Wildman–Crippen MR) is 68.1 cm³/mol. The van der Waals surface area contributed by atoms with E-state index < -0.39 is 17.4 Å². The molecule has 0 aliphatic carbocycles. The maximum absolute atomic E-state index is 13.8. The molecule has 0 aliphatic heterocycles. The van der Waals surface area contributed by atoms with Gasteiger partial charge in [0.15, 0.2) is 11.6 Å². The summed E-state index contributed by atoms with van der Waals surface area (Å²) in [5, 5.41) is 0. The van der Waals surface area contributed by atoms with E-state index in [2.05, 4.69) is 4.98 Å². The fraction of sp³-hybridized carbons (Fsp3) is 0.200. The van der Waals surface area contributed by atoms with E-state index in [4.69, 9.17) is 0 Å². The van der Waals surface area contributed by atoms with Crippen LogP contribution in [0.15, 0.2) is 30.5 Å². The van der Waals surface area contributed by atoms with Crippen molar-refractivity contribution in [3.63, 3.8) is 0 Å². The van der Waals surface area contributed by atoms with E-state index >= 15 is 0 Å². The van der Waals surface area contributed by atoms with Gasteiger partial charge in [-0.2, -0.15) is 0 Å². The van der Waals surface area contributed by atoms with E-state index in [1.54, 1.807) is 12.1 Å². The lowest BCUT2D eigenvalue weighted by molar-refractivity contribution is 0.102. The molecule has 0 N–H and O–H groups in total. The van der Waals surface area contributed by atoms with E-state index in [9.17, 15) is 13.6 Å². The summed E-state index contributed by atoms with van der Waals surface area (Å²) in [7, 11) is 0. The zero-order valence-corrected chi connectivity index (χ0v) is 10.7. The van der Waals surface area contributed by atoms with Gasteiger partial charge in [0.25, 0.3) is 0 Å². The van der Waals surface area contributed by atoms with E-state index in [-0.39, 0.29) is 16.8 Å². The van der Waals surface area contributed by atoms with Crippen molar-refractivity contribution in [2.24, 2.45) is 0 Å². The Morgan fingerprint density at radius 2 is 1.95 bits per heavy atom. The number of benzene rings is 1. The smallest absolute Gasteiger partial charge is 0.214 e. The Balaban J connectivity index is 2.54. The van der Waals surface area contributed by atoms with Crippen molar-refractivity contribution in [1.29, 1.82) is 0 Å². The van der Waals surface area contributed by atoms with Crippen molar-refractivity contribution in [3.8, 4) is 0 Å². The molecule has 0 spiro atoms. The van der Waals surface area contributed by atoms with Crippen LogP contribution < -0.4 is 0 Å². The first-order valence-electron chi connectivity index (χ1n) is 5.99. The molecule has 0 unspecified atom stereocenters. The molecule has 0 aliphatic rings. The third-order valence-electron chi connectivity index (χ3n) is 3.01. The minimum Gasteiger partial charge on any atom is -0.287 e. The van der Waals surface area contributed by atoms with Crippen LogP contribution in [0.5, 0.6) is 0 Å². The summed E-state index contributed by atoms with van der Waals surface area (Å²) in [4.78, 5) is 16.2. The number of pyridine rings is 1. The zero-order chi connectivity index (χ0) is 14.0. The van der Waals surface area contributed by atoms with Crippen LogP contribution in [0.1, 0.15) is 34.1 Å². The molecule has 0 fully saturated rings. The number of carbonyl (C=O) groups excluding carboxylic acids is 1. The summed E-state index contributed by atoms with van der Waals surface area (Å²) >= 11 is 0. The molecule has 0 saturated heterocycles. The lowest BCUT2D eigenvalue weighted by Crippen LogP contribution is -2.11. The first-order chi connectivity index (χ1) is 9.06. The zero-order valence-electron chi connectivity index (χ0n) is 10.7. The van der Waals surface area contributed by atoms with Gasteiger partial charge in [-0.3, -0.25) is 9.78 Å². The fourth-order valence-electron chi connectivity index (χ4n) is 1.88. The molecule has 2 aromatic rings. The molecular weight excluding hydrogens is 248 g/mol. The summed E-state index contributed by atoms with van der Waals surface area (Å²) in [5.41, 5.74) is 0.780. The van der Waals surface area contributed by atoms with Gasteiger partial charge in [0.05, 0.1) is 5.56 Å². The summed E-state index contributed by atoms with van der Waals surface area (Å²) in [6.07, 6.45) is 2.07. The van der Waals surface area contributed by atoms with Crippen LogP contribution in [-0.4, -0.2) is 10.8 Å². The van der Waals surface area contributed by atoms with Crippen molar-refractivity contribution in [2.45, 2.75) is 20.3 Å². The molecule has 2 rings (SSSR count). The normalized spacial score (nSPS) is 10.5. The SMILES string of the molecule is CCc1cccnc1C(=O)c1ccc(C)c(F)c1F. The molecule has 0 saturated carbocycles. The summed E-state index contributed by atoms with van der Waals surface area (Å²) in [5.74, 6) is -2.69. The van der Waals surface area contributed by atoms with Crippen molar-refractivity contribution < 1.29 is 13.6 Å². The van der Waals surface area contributed by atoms with Crippen molar-refractivity contribution >= 4 is 5.78 Å². The highest BCUT2D eigenvalue weighted by Gasteiger charge is 2.21. The second kappa shape index (κ2) is 5.26. The standard InChI is InChI=1S/C15H13F2NO/c1-3-10-5-4-8-18-14(10)15(19)11-7-6-9(2)12(16)13(11)17/h4-8H,3H2,1-2H3. The Kier molecular flexibility index (Phi) is 3.69. The molecule has 2 nitrogen and oxygen atoms in total. The number of rotatable bonds is 3. The Morgan fingerprint density at radius 1 is 1.21 bits per heavy atom. The molecule has 1 aromatic heterocycles. The van der Waals surface area contributed by atoms with Gasteiger partial charge >= 0.3 is 0 Å². The largest absolute Gasteiger partial charge is 0.287 e. The Bertz CT molecular complexity index is 638. The number of carbonyl (C=O) groups is 1. The quantitative estimate of drug-likeness (QED) is 0.792. The maximum Gasteiger partial charge on any atom is 0.214 e. The monoisotopic (exact) mass is 261 g/mol. The van der Waals surface area contributed by atoms with E-state index in [0.29, 0.717) is 12.0 Å². The molecule has 1 aromatic carbocycles. The molecule has 1 heterocycles. The average Bonchev–Trinajstić information content (AvgIpc) is 2.44. The third-order valence-corrected chi connectivity index (χ3v) is 3.01. The topological polar surface area (TPSA) is 30.0 Å². The van der Waals surface area contributed by atoms with Crippen molar-refractivity contribution in [1.82, 2.24) is 4.98 Å². The number of hydrogen-bond acceptors (Lipinski definition) is 2. The summed E-state index contributed by atoms with van der Waals surface area (Å²) in [6.45, 7) is 3.32. The van der Waals surface area contributed by atoms with Gasteiger partial charge in [0, 0.05) is 6.20 Å². The van der Waals surface area contributed by atoms with Crippen LogP contribution >= 0.6 is 0 Å². The number of nitrogens with zero attached hydrogens (tertiary/aromatic N) is 1. The van der Waals surface area contributed by atoms with Gasteiger partial charge in [-0.15, -0.1) is 0 Å². The van der Waals surface area contributed by atoms with Crippen LogP contribution in [0.3, 0.4) is 0 Å². The molecule has 19 heavy (non-hydrogen) atoms. The maximum atomic E-state index is 13.8. The first-order valence-corrected chi connectivity index (χ1v) is 5.99. The lowest BCUT2D eigenvalue weighted by atomic mass is 10.0. The van der Waals surface area contributed by atoms with E-state index in [1.165, 1.54) is 25.3 Å². The highest BCUT2D eigenvalue weighted by molar-refractivity contribution is 6.08. The van der Waals surface area contributed by atoms with E-state index in [1.807, 2.05) is 6.92 Å². The van der Waals surface area contributed by atoms with Gasteiger partial charge < -0.3 is 0 Å². The molecule has 98 valence electrons. The second-order valence-electron chi connectivity index (χ2n) is 4.25. The second-order valence-corrected chi connectivity index (χ2v) is 4.25. The van der Waals surface area contributed by atoms with Crippen LogP contribution in [0.4, 0.5) is 8.78 Å².